The summed E-state index contributed by atoms with van der Waals surface area (Å²) in [5, 5.41) is 4.39. The molecule has 4 rings (SSSR count). The molecule has 184 valence electrons. The molecule has 0 atom stereocenters. The minimum atomic E-state index is -0.462. The Morgan fingerprint density at radius 2 is 1.83 bits per heavy atom. The van der Waals surface area contributed by atoms with Gasteiger partial charge in [-0.1, -0.05) is 12.1 Å². The lowest BCUT2D eigenvalue weighted by molar-refractivity contribution is 0.0602. The molecule has 1 aliphatic rings. The molecule has 0 radical (unpaired) electrons. The van der Waals surface area contributed by atoms with Crippen LogP contribution in [0.5, 0.6) is 11.5 Å². The zero-order valence-corrected chi connectivity index (χ0v) is 20.7. The zero-order chi connectivity index (χ0) is 24.9. The van der Waals surface area contributed by atoms with Crippen molar-refractivity contribution in [3.63, 3.8) is 0 Å². The molecular weight excluding hydrogens is 468 g/mol. The van der Waals surface area contributed by atoms with Gasteiger partial charge in [0.2, 0.25) is 0 Å². The van der Waals surface area contributed by atoms with Gasteiger partial charge < -0.3 is 34.3 Å². The quantitative estimate of drug-likeness (QED) is 0.378. The van der Waals surface area contributed by atoms with Crippen LogP contribution in [0.3, 0.4) is 0 Å². The number of hydrogen-bond acceptors (Lipinski definition) is 7. The molecule has 2 heterocycles. The first-order valence-corrected chi connectivity index (χ1v) is 11.6. The van der Waals surface area contributed by atoms with Gasteiger partial charge in [0.1, 0.15) is 13.2 Å². The number of benzene rings is 2. The van der Waals surface area contributed by atoms with Gasteiger partial charge in [0.05, 0.1) is 30.4 Å². The highest BCUT2D eigenvalue weighted by Crippen LogP contribution is 2.33. The number of nitrogens with zero attached hydrogens (tertiary/aromatic N) is 2. The third kappa shape index (κ3) is 5.72. The van der Waals surface area contributed by atoms with Crippen LogP contribution in [0.2, 0.25) is 0 Å². The van der Waals surface area contributed by atoms with E-state index in [1.807, 2.05) is 42.1 Å². The number of hydrogen-bond donors (Lipinski definition) is 2. The number of esters is 1. The summed E-state index contributed by atoms with van der Waals surface area (Å²) in [6.07, 6.45) is 0. The van der Waals surface area contributed by atoms with Crippen molar-refractivity contribution in [1.82, 2.24) is 14.8 Å². The SMILES string of the molecule is COC(=O)c1ccccc1NC(=S)N(CCN(C)C)Cc1cc2cc3c(cc2[nH]c1=O)OCCO3. The maximum Gasteiger partial charge on any atom is 0.339 e. The summed E-state index contributed by atoms with van der Waals surface area (Å²) in [5.41, 5.74) is 1.94. The first-order chi connectivity index (χ1) is 16.9. The lowest BCUT2D eigenvalue weighted by atomic mass is 10.1. The van der Waals surface area contributed by atoms with Gasteiger partial charge in [-0.3, -0.25) is 4.79 Å². The standard InChI is InChI=1S/C25H28N4O5S/c1-28(2)8-9-29(25(35)27-19-7-5-4-6-18(19)24(31)32-3)15-17-12-16-13-21-22(34-11-10-33-21)14-20(16)26-23(17)30/h4-7,12-14H,8-11,15H2,1-3H3,(H,26,30)(H,27,35). The second kappa shape index (κ2) is 10.7. The summed E-state index contributed by atoms with van der Waals surface area (Å²) >= 11 is 5.71. The molecule has 0 fully saturated rings. The fourth-order valence-electron chi connectivity index (χ4n) is 3.76. The molecule has 10 heteroatoms. The molecule has 2 aromatic carbocycles. The Kier molecular flexibility index (Phi) is 7.52. The van der Waals surface area contributed by atoms with Gasteiger partial charge in [-0.05, 0) is 50.6 Å². The molecule has 0 spiro atoms. The highest BCUT2D eigenvalue weighted by molar-refractivity contribution is 7.80. The number of methoxy groups -OCH3 is 1. The van der Waals surface area contributed by atoms with Gasteiger partial charge in [0.25, 0.3) is 5.56 Å². The summed E-state index contributed by atoms with van der Waals surface area (Å²) < 4.78 is 16.2. The predicted octanol–water partition coefficient (Wildman–Crippen LogP) is 2.85. The maximum absolute atomic E-state index is 12.9. The summed E-state index contributed by atoms with van der Waals surface area (Å²) in [6, 6.07) is 12.5. The molecule has 35 heavy (non-hydrogen) atoms. The van der Waals surface area contributed by atoms with Gasteiger partial charge in [0.15, 0.2) is 16.6 Å². The van der Waals surface area contributed by atoms with Crippen molar-refractivity contribution in [2.24, 2.45) is 0 Å². The molecule has 1 aliphatic heterocycles. The molecule has 0 saturated carbocycles. The molecule has 0 amide bonds. The van der Waals surface area contributed by atoms with Crippen LogP contribution in [0.1, 0.15) is 15.9 Å². The van der Waals surface area contributed by atoms with E-state index < -0.39 is 5.97 Å². The molecule has 3 aromatic rings. The van der Waals surface area contributed by atoms with Crippen molar-refractivity contribution in [3.05, 3.63) is 63.9 Å². The van der Waals surface area contributed by atoms with Crippen molar-refractivity contribution in [1.29, 1.82) is 0 Å². The van der Waals surface area contributed by atoms with Gasteiger partial charge >= 0.3 is 5.97 Å². The van der Waals surface area contributed by atoms with Crippen LogP contribution in [0.15, 0.2) is 47.3 Å². The van der Waals surface area contributed by atoms with Crippen LogP contribution >= 0.6 is 12.2 Å². The van der Waals surface area contributed by atoms with Crippen LogP contribution in [0.4, 0.5) is 5.69 Å². The number of aromatic nitrogens is 1. The van der Waals surface area contributed by atoms with Crippen molar-refractivity contribution in [3.8, 4) is 11.5 Å². The molecule has 9 nitrogen and oxygen atoms in total. The minimum absolute atomic E-state index is 0.207. The second-order valence-electron chi connectivity index (χ2n) is 8.40. The van der Waals surface area contributed by atoms with E-state index in [9.17, 15) is 9.59 Å². The molecule has 2 N–H and O–H groups in total. The zero-order valence-electron chi connectivity index (χ0n) is 19.9. The number of ether oxygens (including phenoxy) is 3. The number of H-pyrrole nitrogens is 1. The number of thiocarbonyl (C=S) groups is 1. The lowest BCUT2D eigenvalue weighted by Gasteiger charge is -2.27. The topological polar surface area (TPSA) is 96.1 Å². The fourth-order valence-corrected chi connectivity index (χ4v) is 4.02. The smallest absolute Gasteiger partial charge is 0.339 e. The van der Waals surface area contributed by atoms with E-state index in [1.165, 1.54) is 7.11 Å². The van der Waals surface area contributed by atoms with Crippen LogP contribution < -0.4 is 20.3 Å². The number of aromatic amines is 1. The van der Waals surface area contributed by atoms with Crippen LogP contribution in [0, 0.1) is 0 Å². The fraction of sp³-hybridized carbons (Fsp3) is 0.320. The van der Waals surface area contributed by atoms with Crippen molar-refractivity contribution in [2.45, 2.75) is 6.54 Å². The molecule has 0 unspecified atom stereocenters. The average Bonchev–Trinajstić information content (AvgIpc) is 2.85. The molecule has 0 saturated heterocycles. The monoisotopic (exact) mass is 496 g/mol. The first kappa shape index (κ1) is 24.5. The highest BCUT2D eigenvalue weighted by atomic mass is 32.1. The van der Waals surface area contributed by atoms with E-state index in [-0.39, 0.29) is 12.1 Å². The van der Waals surface area contributed by atoms with Gasteiger partial charge in [-0.25, -0.2) is 4.79 Å². The molecular formula is C25H28N4O5S. The third-order valence-electron chi connectivity index (χ3n) is 5.62. The van der Waals surface area contributed by atoms with Gasteiger partial charge in [0, 0.05) is 30.1 Å². The Morgan fingerprint density at radius 1 is 1.11 bits per heavy atom. The summed E-state index contributed by atoms with van der Waals surface area (Å²) in [5.74, 6) is 0.813. The van der Waals surface area contributed by atoms with Gasteiger partial charge in [-0.2, -0.15) is 0 Å². The Morgan fingerprint density at radius 3 is 2.54 bits per heavy atom. The number of nitrogens with one attached hydrogen (secondary N) is 2. The number of rotatable bonds is 7. The van der Waals surface area contributed by atoms with E-state index in [2.05, 4.69) is 10.3 Å². The largest absolute Gasteiger partial charge is 0.486 e. The molecule has 0 bridgehead atoms. The highest BCUT2D eigenvalue weighted by Gasteiger charge is 2.19. The normalized spacial score (nSPS) is 12.5. The Labute approximate surface area is 208 Å². The Hall–Kier alpha value is -3.63. The van der Waals surface area contributed by atoms with Crippen LogP contribution in [-0.4, -0.2) is 73.4 Å². The van der Waals surface area contributed by atoms with Gasteiger partial charge in [-0.15, -0.1) is 0 Å². The van der Waals surface area contributed by atoms with Crippen LogP contribution in [0.25, 0.3) is 10.9 Å². The first-order valence-electron chi connectivity index (χ1n) is 11.2. The summed E-state index contributed by atoms with van der Waals surface area (Å²) in [7, 11) is 5.27. The van der Waals surface area contributed by atoms with Crippen molar-refractivity contribution < 1.29 is 19.0 Å². The maximum atomic E-state index is 12.9. The van der Waals surface area contributed by atoms with E-state index in [0.717, 1.165) is 5.39 Å². The second-order valence-corrected chi connectivity index (χ2v) is 8.79. The minimum Gasteiger partial charge on any atom is -0.486 e. The Bertz CT molecular complexity index is 1310. The van der Waals surface area contributed by atoms with E-state index in [0.29, 0.717) is 65.2 Å². The number of para-hydroxylation sites is 1. The number of pyridine rings is 1. The lowest BCUT2D eigenvalue weighted by Crippen LogP contribution is -2.40. The number of carbonyl (C=O) groups is 1. The van der Waals surface area contributed by atoms with E-state index in [1.54, 1.807) is 24.3 Å². The number of fused-ring (bicyclic) bond motifs is 2. The van der Waals surface area contributed by atoms with E-state index in [4.69, 9.17) is 26.4 Å². The van der Waals surface area contributed by atoms with E-state index >= 15 is 0 Å². The predicted molar refractivity (Wildman–Crippen MR) is 139 cm³/mol. The Balaban J connectivity index is 1.62. The summed E-state index contributed by atoms with van der Waals surface area (Å²) in [4.78, 5) is 32.0. The summed E-state index contributed by atoms with van der Waals surface area (Å²) in [6.45, 7) is 2.52. The molecule has 0 aliphatic carbocycles. The third-order valence-corrected chi connectivity index (χ3v) is 5.98. The average molecular weight is 497 g/mol. The number of carbonyl (C=O) groups excluding carboxylic acids is 1. The number of anilines is 1. The number of likely N-dealkylation sites (N-methyl/N-ethyl adjacent to an activating group) is 1. The molecule has 1 aromatic heterocycles. The van der Waals surface area contributed by atoms with Crippen molar-refractivity contribution >= 4 is 39.9 Å². The van der Waals surface area contributed by atoms with Crippen LogP contribution in [-0.2, 0) is 11.3 Å². The van der Waals surface area contributed by atoms with Crippen molar-refractivity contribution in [2.75, 3.05) is 52.8 Å².